The topological polar surface area (TPSA) is 24.4 Å². The minimum absolute atomic E-state index is 0.0516. The molecule has 0 aliphatic rings. The van der Waals surface area contributed by atoms with Crippen molar-refractivity contribution in [2.75, 3.05) is 5.43 Å². The standard InChI is InChI=1S/C15H9ClF6N2/c16-12-6-5-10(14(17,18)19)7-13(12)24-23-8-9-3-1-2-4-11(9)15(20,21)22/h1-8,24H/b23-8-. The molecule has 0 unspecified atom stereocenters. The zero-order chi connectivity index (χ0) is 18.0. The summed E-state index contributed by atoms with van der Waals surface area (Å²) in [4.78, 5) is 0. The number of anilines is 1. The van der Waals surface area contributed by atoms with Gasteiger partial charge in [-0.25, -0.2) is 0 Å². The summed E-state index contributed by atoms with van der Waals surface area (Å²) in [6, 6.07) is 7.18. The van der Waals surface area contributed by atoms with Crippen LogP contribution in [0.4, 0.5) is 32.0 Å². The Bertz CT molecular complexity index is 752. The molecule has 0 spiro atoms. The van der Waals surface area contributed by atoms with Crippen LogP contribution in [-0.2, 0) is 12.4 Å². The first-order valence-corrected chi connectivity index (χ1v) is 6.79. The molecule has 2 rings (SSSR count). The molecule has 0 amide bonds. The van der Waals surface area contributed by atoms with E-state index in [1.54, 1.807) is 0 Å². The van der Waals surface area contributed by atoms with Crippen LogP contribution in [0.2, 0.25) is 5.02 Å². The van der Waals surface area contributed by atoms with Gasteiger partial charge in [0, 0.05) is 5.56 Å². The van der Waals surface area contributed by atoms with Gasteiger partial charge < -0.3 is 0 Å². The number of rotatable bonds is 3. The monoisotopic (exact) mass is 366 g/mol. The van der Waals surface area contributed by atoms with Crippen LogP contribution in [-0.4, -0.2) is 6.21 Å². The van der Waals surface area contributed by atoms with Crippen LogP contribution in [0.25, 0.3) is 0 Å². The van der Waals surface area contributed by atoms with Crippen LogP contribution in [0.5, 0.6) is 0 Å². The molecule has 0 bridgehead atoms. The van der Waals surface area contributed by atoms with Gasteiger partial charge in [0.2, 0.25) is 0 Å². The molecule has 0 saturated carbocycles. The number of nitrogens with zero attached hydrogens (tertiary/aromatic N) is 1. The van der Waals surface area contributed by atoms with Crippen LogP contribution in [0.1, 0.15) is 16.7 Å². The summed E-state index contributed by atoms with van der Waals surface area (Å²) < 4.78 is 76.4. The van der Waals surface area contributed by atoms with Crippen molar-refractivity contribution in [3.05, 3.63) is 64.2 Å². The van der Waals surface area contributed by atoms with Gasteiger partial charge in [0.05, 0.1) is 28.1 Å². The second kappa shape index (κ2) is 6.72. The zero-order valence-electron chi connectivity index (χ0n) is 11.7. The summed E-state index contributed by atoms with van der Waals surface area (Å²) in [7, 11) is 0. The molecule has 24 heavy (non-hydrogen) atoms. The van der Waals surface area contributed by atoms with Crippen molar-refractivity contribution >= 4 is 23.5 Å². The fraction of sp³-hybridized carbons (Fsp3) is 0.133. The predicted molar refractivity (Wildman–Crippen MR) is 79.1 cm³/mol. The molecular weight excluding hydrogens is 358 g/mol. The smallest absolute Gasteiger partial charge is 0.277 e. The van der Waals surface area contributed by atoms with E-state index in [9.17, 15) is 26.3 Å². The van der Waals surface area contributed by atoms with E-state index in [4.69, 9.17) is 11.6 Å². The lowest BCUT2D eigenvalue weighted by molar-refractivity contribution is -0.138. The van der Waals surface area contributed by atoms with Crippen molar-refractivity contribution in [3.63, 3.8) is 0 Å². The Morgan fingerprint density at radius 3 is 2.21 bits per heavy atom. The van der Waals surface area contributed by atoms with Crippen LogP contribution in [0.15, 0.2) is 47.6 Å². The molecule has 0 saturated heterocycles. The molecule has 0 fully saturated rings. The lowest BCUT2D eigenvalue weighted by Gasteiger charge is -2.11. The van der Waals surface area contributed by atoms with Crippen LogP contribution >= 0.6 is 11.6 Å². The molecule has 0 radical (unpaired) electrons. The Hall–Kier alpha value is -2.22. The van der Waals surface area contributed by atoms with Gasteiger partial charge in [-0.15, -0.1) is 0 Å². The zero-order valence-corrected chi connectivity index (χ0v) is 12.5. The van der Waals surface area contributed by atoms with Crippen molar-refractivity contribution in [3.8, 4) is 0 Å². The fourth-order valence-electron chi connectivity index (χ4n) is 1.83. The Balaban J connectivity index is 2.25. The first-order chi connectivity index (χ1) is 11.1. The first kappa shape index (κ1) is 18.1. The van der Waals surface area contributed by atoms with E-state index in [1.165, 1.54) is 18.2 Å². The summed E-state index contributed by atoms with van der Waals surface area (Å²) >= 11 is 5.75. The fourth-order valence-corrected chi connectivity index (χ4v) is 1.99. The highest BCUT2D eigenvalue weighted by Gasteiger charge is 2.32. The molecule has 1 N–H and O–H groups in total. The molecule has 0 heterocycles. The molecule has 2 aromatic carbocycles. The van der Waals surface area contributed by atoms with E-state index < -0.39 is 23.5 Å². The van der Waals surface area contributed by atoms with Gasteiger partial charge in [-0.2, -0.15) is 31.4 Å². The maximum atomic E-state index is 12.8. The summed E-state index contributed by atoms with van der Waals surface area (Å²) in [5.74, 6) is 0. The SMILES string of the molecule is FC(F)(F)c1ccc(Cl)c(N/N=C\c2ccccc2C(F)(F)F)c1. The lowest BCUT2D eigenvalue weighted by atomic mass is 10.1. The van der Waals surface area contributed by atoms with Gasteiger partial charge in [-0.05, 0) is 24.3 Å². The molecule has 9 heteroatoms. The van der Waals surface area contributed by atoms with Crippen molar-refractivity contribution in [1.29, 1.82) is 0 Å². The third-order valence-corrected chi connectivity index (χ3v) is 3.28. The summed E-state index contributed by atoms with van der Waals surface area (Å²) in [5.41, 5.74) is -0.0562. The quantitative estimate of drug-likeness (QED) is 0.413. The molecular formula is C15H9ClF6N2. The minimum atomic E-state index is -4.58. The lowest BCUT2D eigenvalue weighted by Crippen LogP contribution is -2.09. The number of hydrogen-bond acceptors (Lipinski definition) is 2. The average molecular weight is 367 g/mol. The van der Waals surface area contributed by atoms with Crippen molar-refractivity contribution < 1.29 is 26.3 Å². The third kappa shape index (κ3) is 4.41. The van der Waals surface area contributed by atoms with Gasteiger partial charge in [0.15, 0.2) is 0 Å². The predicted octanol–water partition coefficient (Wildman–Crippen LogP) is 5.82. The molecule has 0 aromatic heterocycles. The number of hydrazone groups is 1. The number of hydrogen-bond donors (Lipinski definition) is 1. The van der Waals surface area contributed by atoms with E-state index in [2.05, 4.69) is 10.5 Å². The van der Waals surface area contributed by atoms with Gasteiger partial charge >= 0.3 is 12.4 Å². The Morgan fingerprint density at radius 2 is 1.58 bits per heavy atom. The molecule has 2 nitrogen and oxygen atoms in total. The highest BCUT2D eigenvalue weighted by atomic mass is 35.5. The maximum absolute atomic E-state index is 12.8. The molecule has 0 aliphatic heterocycles. The van der Waals surface area contributed by atoms with Crippen molar-refractivity contribution in [1.82, 2.24) is 0 Å². The van der Waals surface area contributed by atoms with Crippen molar-refractivity contribution in [2.24, 2.45) is 5.10 Å². The van der Waals surface area contributed by atoms with Gasteiger partial charge in [0.25, 0.3) is 0 Å². The summed E-state index contributed by atoms with van der Waals surface area (Å²) in [6.45, 7) is 0. The van der Waals surface area contributed by atoms with Gasteiger partial charge in [-0.3, -0.25) is 5.43 Å². The van der Waals surface area contributed by atoms with E-state index >= 15 is 0 Å². The Morgan fingerprint density at radius 1 is 0.917 bits per heavy atom. The number of nitrogens with one attached hydrogen (secondary N) is 1. The molecule has 2 aromatic rings. The van der Waals surface area contributed by atoms with Gasteiger partial charge in [0.1, 0.15) is 0 Å². The highest BCUT2D eigenvalue weighted by Crippen LogP contribution is 2.34. The van der Waals surface area contributed by atoms with Crippen LogP contribution < -0.4 is 5.43 Å². The normalized spacial score (nSPS) is 12.6. The average Bonchev–Trinajstić information content (AvgIpc) is 2.47. The second-order valence-corrected chi connectivity index (χ2v) is 5.05. The molecule has 0 aliphatic carbocycles. The van der Waals surface area contributed by atoms with E-state index in [1.807, 2.05) is 0 Å². The molecule has 128 valence electrons. The van der Waals surface area contributed by atoms with E-state index in [0.717, 1.165) is 30.5 Å². The molecule has 0 atom stereocenters. The van der Waals surface area contributed by atoms with Crippen LogP contribution in [0, 0.1) is 0 Å². The summed E-state index contributed by atoms with van der Waals surface area (Å²) in [6.07, 6.45) is -8.29. The Labute approximate surface area is 137 Å². The third-order valence-electron chi connectivity index (χ3n) is 2.95. The minimum Gasteiger partial charge on any atom is -0.277 e. The number of halogens is 7. The second-order valence-electron chi connectivity index (χ2n) is 4.65. The Kier molecular flexibility index (Phi) is 5.08. The highest BCUT2D eigenvalue weighted by molar-refractivity contribution is 6.33. The van der Waals surface area contributed by atoms with E-state index in [0.29, 0.717) is 0 Å². The first-order valence-electron chi connectivity index (χ1n) is 6.41. The van der Waals surface area contributed by atoms with Crippen molar-refractivity contribution in [2.45, 2.75) is 12.4 Å². The maximum Gasteiger partial charge on any atom is 0.417 e. The largest absolute Gasteiger partial charge is 0.417 e. The van der Waals surface area contributed by atoms with Crippen LogP contribution in [0.3, 0.4) is 0 Å². The van der Waals surface area contributed by atoms with Gasteiger partial charge in [-0.1, -0.05) is 29.8 Å². The number of benzene rings is 2. The number of alkyl halides is 6. The van der Waals surface area contributed by atoms with E-state index in [-0.39, 0.29) is 16.3 Å². The summed E-state index contributed by atoms with van der Waals surface area (Å²) in [5, 5.41) is 3.49.